The third-order valence-electron chi connectivity index (χ3n) is 4.84. The van der Waals surface area contributed by atoms with E-state index in [1.807, 2.05) is 0 Å². The second kappa shape index (κ2) is 9.34. The molecule has 0 fully saturated rings. The number of halogens is 2. The molecule has 1 unspecified atom stereocenters. The lowest BCUT2D eigenvalue weighted by Gasteiger charge is -2.22. The number of urea groups is 1. The number of amides is 2. The highest BCUT2D eigenvalue weighted by Crippen LogP contribution is 2.27. The Hall–Kier alpha value is -1.91. The second-order valence-electron chi connectivity index (χ2n) is 6.71. The van der Waals surface area contributed by atoms with Crippen LogP contribution in [0.5, 0.6) is 5.75 Å². The van der Waals surface area contributed by atoms with Gasteiger partial charge < -0.3 is 15.4 Å². The van der Waals surface area contributed by atoms with Crippen LogP contribution in [0.15, 0.2) is 36.4 Å². The molecule has 0 aliphatic heterocycles. The lowest BCUT2D eigenvalue weighted by Crippen LogP contribution is -2.39. The highest BCUT2D eigenvalue weighted by atomic mass is 35.5. The van der Waals surface area contributed by atoms with Crippen molar-refractivity contribution in [2.75, 3.05) is 6.73 Å². The molecule has 0 saturated carbocycles. The van der Waals surface area contributed by atoms with Gasteiger partial charge in [-0.25, -0.2) is 4.79 Å². The van der Waals surface area contributed by atoms with Crippen LogP contribution >= 0.6 is 23.2 Å². The molecule has 27 heavy (non-hydrogen) atoms. The summed E-state index contributed by atoms with van der Waals surface area (Å²) < 4.78 is 5.50. The van der Waals surface area contributed by atoms with Crippen LogP contribution in [0.4, 0.5) is 4.79 Å². The third-order valence-corrected chi connectivity index (χ3v) is 5.37. The number of carbonyl (C=O) groups excluding carboxylic acids is 1. The molecule has 0 spiro atoms. The fourth-order valence-corrected chi connectivity index (χ4v) is 3.84. The van der Waals surface area contributed by atoms with Crippen molar-refractivity contribution < 1.29 is 9.53 Å². The lowest BCUT2D eigenvalue weighted by atomic mass is 9.89. The van der Waals surface area contributed by atoms with E-state index in [9.17, 15) is 4.79 Å². The van der Waals surface area contributed by atoms with E-state index in [4.69, 9.17) is 27.9 Å². The van der Waals surface area contributed by atoms with E-state index in [1.165, 1.54) is 24.0 Å². The summed E-state index contributed by atoms with van der Waals surface area (Å²) in [6.45, 7) is 2.09. The number of rotatable bonds is 6. The highest BCUT2D eigenvalue weighted by molar-refractivity contribution is 6.35. The maximum atomic E-state index is 12.2. The van der Waals surface area contributed by atoms with Gasteiger partial charge in [0.15, 0.2) is 6.73 Å². The van der Waals surface area contributed by atoms with Crippen molar-refractivity contribution in [3.05, 3.63) is 63.1 Å². The molecule has 6 heteroatoms. The minimum atomic E-state index is -0.273. The van der Waals surface area contributed by atoms with Crippen LogP contribution in [0.25, 0.3) is 0 Å². The van der Waals surface area contributed by atoms with E-state index in [-0.39, 0.29) is 18.8 Å². The molecule has 2 aromatic carbocycles. The summed E-state index contributed by atoms with van der Waals surface area (Å²) in [5.41, 5.74) is 4.01. The van der Waals surface area contributed by atoms with Gasteiger partial charge in [-0.1, -0.05) is 48.3 Å². The minimum Gasteiger partial charge on any atom is -0.472 e. The normalized spacial score (nSPS) is 14.2. The summed E-state index contributed by atoms with van der Waals surface area (Å²) in [5.74, 6) is 0.475. The van der Waals surface area contributed by atoms with Crippen molar-refractivity contribution in [1.82, 2.24) is 10.6 Å². The monoisotopic (exact) mass is 406 g/mol. The molecule has 1 aliphatic carbocycles. The third kappa shape index (κ3) is 5.30. The average molecular weight is 407 g/mol. The fourth-order valence-electron chi connectivity index (χ4n) is 3.37. The molecule has 3 rings (SSSR count). The molecule has 0 heterocycles. The first-order valence-corrected chi connectivity index (χ1v) is 10.1. The Labute approximate surface area is 170 Å². The van der Waals surface area contributed by atoms with Crippen molar-refractivity contribution in [2.24, 2.45) is 0 Å². The Balaban J connectivity index is 1.54. The summed E-state index contributed by atoms with van der Waals surface area (Å²) in [5, 5.41) is 6.67. The first-order chi connectivity index (χ1) is 13.1. The van der Waals surface area contributed by atoms with Gasteiger partial charge in [-0.3, -0.25) is 0 Å². The van der Waals surface area contributed by atoms with E-state index in [0.717, 1.165) is 24.8 Å². The van der Waals surface area contributed by atoms with Crippen LogP contribution in [0, 0.1) is 0 Å². The van der Waals surface area contributed by atoms with Gasteiger partial charge in [0, 0.05) is 5.02 Å². The number of carbonyl (C=O) groups is 1. The zero-order valence-electron chi connectivity index (χ0n) is 15.4. The van der Waals surface area contributed by atoms with E-state index >= 15 is 0 Å². The number of hydrogen-bond donors (Lipinski definition) is 2. The molecule has 0 aromatic heterocycles. The summed E-state index contributed by atoms with van der Waals surface area (Å²) in [6.07, 6.45) is 5.61. The zero-order valence-corrected chi connectivity index (χ0v) is 16.9. The molecule has 4 nitrogen and oxygen atoms in total. The topological polar surface area (TPSA) is 50.4 Å². The van der Waals surface area contributed by atoms with Crippen molar-refractivity contribution in [3.63, 3.8) is 0 Å². The first-order valence-electron chi connectivity index (χ1n) is 9.30. The molecule has 2 amide bonds. The van der Waals surface area contributed by atoms with Crippen LogP contribution in [-0.4, -0.2) is 12.8 Å². The minimum absolute atomic E-state index is 0.0216. The van der Waals surface area contributed by atoms with Crippen LogP contribution in [0.2, 0.25) is 10.0 Å². The molecule has 1 aliphatic rings. The quantitative estimate of drug-likeness (QED) is 0.607. The van der Waals surface area contributed by atoms with Gasteiger partial charge in [0.05, 0.1) is 11.1 Å². The summed E-state index contributed by atoms with van der Waals surface area (Å²) in [6, 6.07) is 11.2. The Bertz CT molecular complexity index is 811. The Morgan fingerprint density at radius 2 is 1.89 bits per heavy atom. The van der Waals surface area contributed by atoms with Gasteiger partial charge in [-0.15, -0.1) is 0 Å². The molecule has 0 bridgehead atoms. The van der Waals surface area contributed by atoms with Gasteiger partial charge in [-0.2, -0.15) is 0 Å². The maximum Gasteiger partial charge on any atom is 0.317 e. The molecule has 144 valence electrons. The predicted octanol–water partition coefficient (Wildman–Crippen LogP) is 5.66. The molecule has 1 atom stereocenters. The Kier molecular flexibility index (Phi) is 6.86. The van der Waals surface area contributed by atoms with Crippen molar-refractivity contribution in [2.45, 2.75) is 45.1 Å². The lowest BCUT2D eigenvalue weighted by molar-refractivity contribution is 0.220. The predicted molar refractivity (Wildman–Crippen MR) is 110 cm³/mol. The molecule has 0 radical (unpaired) electrons. The van der Waals surface area contributed by atoms with Gasteiger partial charge in [0.2, 0.25) is 0 Å². The van der Waals surface area contributed by atoms with E-state index in [1.54, 1.807) is 18.2 Å². The van der Waals surface area contributed by atoms with Crippen LogP contribution < -0.4 is 15.4 Å². The fraction of sp³-hybridized carbons (Fsp3) is 0.381. The standard InChI is InChI=1S/C21H24Cl2N2O2/c1-2-19(16-8-7-14-5-3-4-6-15(14)11-16)25-21(26)24-13-27-20-10-9-17(22)12-18(20)23/h7-12,19H,2-6,13H2,1H3,(H2,24,25,26). The van der Waals surface area contributed by atoms with Crippen LogP contribution in [0.1, 0.15) is 48.9 Å². The molecular weight excluding hydrogens is 383 g/mol. The van der Waals surface area contributed by atoms with Crippen molar-refractivity contribution >= 4 is 29.2 Å². The average Bonchev–Trinajstić information content (AvgIpc) is 2.67. The molecule has 0 saturated heterocycles. The summed E-state index contributed by atoms with van der Waals surface area (Å²) >= 11 is 11.9. The molecule has 2 aromatic rings. The molecule has 2 N–H and O–H groups in total. The van der Waals surface area contributed by atoms with Crippen LogP contribution in [0.3, 0.4) is 0 Å². The number of nitrogens with one attached hydrogen (secondary N) is 2. The number of fused-ring (bicyclic) bond motifs is 1. The maximum absolute atomic E-state index is 12.2. The first kappa shape index (κ1) is 19.8. The van der Waals surface area contributed by atoms with Gasteiger partial charge >= 0.3 is 6.03 Å². The van der Waals surface area contributed by atoms with E-state index in [2.05, 4.69) is 35.8 Å². The number of ether oxygens (including phenoxy) is 1. The number of benzene rings is 2. The van der Waals surface area contributed by atoms with E-state index in [0.29, 0.717) is 15.8 Å². The number of hydrogen-bond acceptors (Lipinski definition) is 2. The van der Waals surface area contributed by atoms with Gasteiger partial charge in [-0.05, 0) is 67.0 Å². The highest BCUT2D eigenvalue weighted by Gasteiger charge is 2.16. The second-order valence-corrected chi connectivity index (χ2v) is 7.55. The SMILES string of the molecule is CCC(NC(=O)NCOc1ccc(Cl)cc1Cl)c1ccc2c(c1)CCCC2. The zero-order chi connectivity index (χ0) is 19.2. The molecular formula is C21H24Cl2N2O2. The van der Waals surface area contributed by atoms with Crippen molar-refractivity contribution in [1.29, 1.82) is 0 Å². The van der Waals surface area contributed by atoms with Gasteiger partial charge in [0.1, 0.15) is 5.75 Å². The Morgan fingerprint density at radius 1 is 1.11 bits per heavy atom. The summed E-state index contributed by atoms with van der Waals surface area (Å²) in [7, 11) is 0. The van der Waals surface area contributed by atoms with E-state index < -0.39 is 0 Å². The number of aryl methyl sites for hydroxylation is 2. The van der Waals surface area contributed by atoms with Gasteiger partial charge in [0.25, 0.3) is 0 Å². The van der Waals surface area contributed by atoms with Crippen LogP contribution in [-0.2, 0) is 12.8 Å². The Morgan fingerprint density at radius 3 is 2.63 bits per heavy atom. The largest absolute Gasteiger partial charge is 0.472 e. The van der Waals surface area contributed by atoms with Crippen molar-refractivity contribution in [3.8, 4) is 5.75 Å². The summed E-state index contributed by atoms with van der Waals surface area (Å²) in [4.78, 5) is 12.2. The smallest absolute Gasteiger partial charge is 0.317 e.